The van der Waals surface area contributed by atoms with Crippen molar-refractivity contribution in [3.05, 3.63) is 22.8 Å². The normalized spacial score (nSPS) is 18.1. The number of alkyl halides is 3. The highest BCUT2D eigenvalue weighted by atomic mass is 19.4. The molecule has 3 rings (SSSR count). The molecule has 2 aromatic rings. The molecule has 172 valence electrons. The summed E-state index contributed by atoms with van der Waals surface area (Å²) in [5.41, 5.74) is 1.64. The summed E-state index contributed by atoms with van der Waals surface area (Å²) in [6.45, 7) is 11.0. The van der Waals surface area contributed by atoms with Crippen LogP contribution in [0.25, 0.3) is 5.78 Å². The molecule has 31 heavy (non-hydrogen) atoms. The van der Waals surface area contributed by atoms with Gasteiger partial charge in [-0.25, -0.2) is 9.50 Å². The van der Waals surface area contributed by atoms with Crippen LogP contribution < -0.4 is 0 Å². The molecule has 0 radical (unpaired) electrons. The number of halogens is 3. The molecule has 0 saturated carbocycles. The van der Waals surface area contributed by atoms with Crippen molar-refractivity contribution in [1.29, 1.82) is 0 Å². The molecule has 0 aliphatic carbocycles. The van der Waals surface area contributed by atoms with Gasteiger partial charge in [0, 0.05) is 37.4 Å². The van der Waals surface area contributed by atoms with Crippen LogP contribution in [0.15, 0.2) is 0 Å². The van der Waals surface area contributed by atoms with E-state index in [0.717, 1.165) is 24.1 Å². The van der Waals surface area contributed by atoms with Crippen LogP contribution in [-0.4, -0.2) is 69.4 Å². The van der Waals surface area contributed by atoms with Crippen molar-refractivity contribution in [3.8, 4) is 0 Å². The summed E-state index contributed by atoms with van der Waals surface area (Å²) >= 11 is 0. The van der Waals surface area contributed by atoms with Crippen molar-refractivity contribution in [2.45, 2.75) is 52.8 Å². The monoisotopic (exact) mass is 443 g/mol. The third-order valence-corrected chi connectivity index (χ3v) is 5.16. The third kappa shape index (κ3) is 5.91. The van der Waals surface area contributed by atoms with E-state index in [1.165, 1.54) is 0 Å². The fourth-order valence-electron chi connectivity index (χ4n) is 3.74. The number of morpholine rings is 1. The molecule has 8 nitrogen and oxygen atoms in total. The molecule has 0 aromatic carbocycles. The lowest BCUT2D eigenvalue weighted by molar-refractivity contribution is -0.150. The van der Waals surface area contributed by atoms with E-state index in [0.29, 0.717) is 29.5 Å². The predicted molar refractivity (Wildman–Crippen MR) is 106 cm³/mol. The van der Waals surface area contributed by atoms with E-state index in [1.54, 1.807) is 13.8 Å². The number of aryl methyl sites for hydroxylation is 2. The summed E-state index contributed by atoms with van der Waals surface area (Å²) in [5, 5.41) is 3.52. The van der Waals surface area contributed by atoms with Gasteiger partial charge >= 0.3 is 12.1 Å². The van der Waals surface area contributed by atoms with Crippen molar-refractivity contribution in [2.24, 2.45) is 5.92 Å². The van der Waals surface area contributed by atoms with Gasteiger partial charge in [0.1, 0.15) is 12.7 Å². The minimum absolute atomic E-state index is 0.0815. The van der Waals surface area contributed by atoms with E-state index in [9.17, 15) is 18.0 Å². The number of hydrogen-bond donors (Lipinski definition) is 0. The van der Waals surface area contributed by atoms with Crippen LogP contribution in [0.5, 0.6) is 0 Å². The Kier molecular flexibility index (Phi) is 7.15. The zero-order chi connectivity index (χ0) is 22.8. The maximum Gasteiger partial charge on any atom is 0.453 e. The number of carbonyl (C=O) groups excluding carboxylic acids is 1. The van der Waals surface area contributed by atoms with Gasteiger partial charge in [0.05, 0.1) is 6.61 Å². The quantitative estimate of drug-likeness (QED) is 0.609. The number of ether oxygens (including phenoxy) is 2. The molecular formula is C20H28F3N5O3. The van der Waals surface area contributed by atoms with E-state index in [2.05, 4.69) is 33.8 Å². The number of esters is 1. The van der Waals surface area contributed by atoms with Gasteiger partial charge < -0.3 is 9.47 Å². The van der Waals surface area contributed by atoms with Crippen LogP contribution in [-0.2, 0) is 26.9 Å². The zero-order valence-electron chi connectivity index (χ0n) is 18.2. The van der Waals surface area contributed by atoms with Crippen molar-refractivity contribution in [1.82, 2.24) is 24.5 Å². The van der Waals surface area contributed by atoms with Gasteiger partial charge in [-0.15, -0.1) is 5.10 Å². The lowest BCUT2D eigenvalue weighted by Crippen LogP contribution is -2.45. The fraction of sp³-hybridized carbons (Fsp3) is 0.700. The number of rotatable bonds is 7. The average Bonchev–Trinajstić information content (AvgIpc) is 3.10. The summed E-state index contributed by atoms with van der Waals surface area (Å²) in [4.78, 5) is 22.1. The van der Waals surface area contributed by atoms with E-state index < -0.39 is 18.0 Å². The zero-order valence-corrected chi connectivity index (χ0v) is 18.2. The van der Waals surface area contributed by atoms with Crippen LogP contribution in [0, 0.1) is 19.8 Å². The van der Waals surface area contributed by atoms with Gasteiger partial charge in [-0.3, -0.25) is 9.69 Å². The molecule has 0 spiro atoms. The molecule has 1 aliphatic heterocycles. The first-order chi connectivity index (χ1) is 14.5. The maximum atomic E-state index is 12.9. The molecule has 1 fully saturated rings. The molecule has 0 bridgehead atoms. The molecule has 0 N–H and O–H groups in total. The minimum Gasteiger partial charge on any atom is -0.463 e. The first kappa shape index (κ1) is 23.4. The Labute approximate surface area is 178 Å². The molecule has 1 unspecified atom stereocenters. The molecular weight excluding hydrogens is 415 g/mol. The molecule has 2 aromatic heterocycles. The molecule has 3 heterocycles. The van der Waals surface area contributed by atoms with Crippen LogP contribution in [0.3, 0.4) is 0 Å². The summed E-state index contributed by atoms with van der Waals surface area (Å²) in [5.74, 6) is -1.19. The second-order valence-electron chi connectivity index (χ2n) is 8.24. The van der Waals surface area contributed by atoms with Gasteiger partial charge in [0.25, 0.3) is 11.6 Å². The molecule has 11 heteroatoms. The molecule has 0 amide bonds. The third-order valence-electron chi connectivity index (χ3n) is 5.16. The molecule has 1 saturated heterocycles. The van der Waals surface area contributed by atoms with Crippen LogP contribution >= 0.6 is 0 Å². The summed E-state index contributed by atoms with van der Waals surface area (Å²) < 4.78 is 50.8. The Morgan fingerprint density at radius 3 is 2.71 bits per heavy atom. The minimum atomic E-state index is -4.65. The van der Waals surface area contributed by atoms with E-state index in [4.69, 9.17) is 9.47 Å². The SMILES string of the molecule is Cc1nc2nc(C(F)(F)F)nn2c(C)c1CCC(=O)OCC1CN(CC(C)C)CCO1. The summed E-state index contributed by atoms with van der Waals surface area (Å²) in [7, 11) is 0. The standard InChI is InChI=1S/C20H28F3N5O3/c1-12(2)9-27-7-8-30-15(10-27)11-31-17(29)6-5-16-13(3)24-19-25-18(20(21,22)23)26-28(19)14(16)4/h12,15H,5-11H2,1-4H3. The average molecular weight is 443 g/mol. The number of carbonyl (C=O) groups is 1. The Balaban J connectivity index is 1.57. The lowest BCUT2D eigenvalue weighted by Gasteiger charge is -2.33. The second-order valence-corrected chi connectivity index (χ2v) is 8.24. The van der Waals surface area contributed by atoms with Gasteiger partial charge in [-0.1, -0.05) is 13.8 Å². The number of fused-ring (bicyclic) bond motifs is 1. The van der Waals surface area contributed by atoms with Crippen LogP contribution in [0.1, 0.15) is 43.0 Å². The van der Waals surface area contributed by atoms with E-state index in [1.807, 2.05) is 0 Å². The predicted octanol–water partition coefficient (Wildman–Crippen LogP) is 2.59. The summed E-state index contributed by atoms with van der Waals surface area (Å²) in [6, 6.07) is 0. The van der Waals surface area contributed by atoms with Crippen molar-refractivity contribution < 1.29 is 27.4 Å². The Morgan fingerprint density at radius 2 is 2.03 bits per heavy atom. The van der Waals surface area contributed by atoms with Crippen molar-refractivity contribution >= 4 is 11.7 Å². The van der Waals surface area contributed by atoms with Gasteiger partial charge in [-0.05, 0) is 31.7 Å². The number of nitrogens with zero attached hydrogens (tertiary/aromatic N) is 5. The Morgan fingerprint density at radius 1 is 1.29 bits per heavy atom. The Hall–Kier alpha value is -2.27. The number of aromatic nitrogens is 4. The first-order valence-electron chi connectivity index (χ1n) is 10.3. The van der Waals surface area contributed by atoms with E-state index >= 15 is 0 Å². The van der Waals surface area contributed by atoms with E-state index in [-0.39, 0.29) is 31.3 Å². The summed E-state index contributed by atoms with van der Waals surface area (Å²) in [6.07, 6.45) is -4.44. The lowest BCUT2D eigenvalue weighted by atomic mass is 10.1. The van der Waals surface area contributed by atoms with Gasteiger partial charge in [0.2, 0.25) is 0 Å². The fourth-order valence-corrected chi connectivity index (χ4v) is 3.74. The molecule has 1 atom stereocenters. The highest BCUT2D eigenvalue weighted by Crippen LogP contribution is 2.27. The van der Waals surface area contributed by atoms with Gasteiger partial charge in [-0.2, -0.15) is 18.2 Å². The number of hydrogen-bond acceptors (Lipinski definition) is 7. The maximum absolute atomic E-state index is 12.9. The smallest absolute Gasteiger partial charge is 0.453 e. The topological polar surface area (TPSA) is 81.8 Å². The highest BCUT2D eigenvalue weighted by molar-refractivity contribution is 5.69. The first-order valence-corrected chi connectivity index (χ1v) is 10.3. The van der Waals surface area contributed by atoms with Crippen LogP contribution in [0.4, 0.5) is 13.2 Å². The largest absolute Gasteiger partial charge is 0.463 e. The second kappa shape index (κ2) is 9.47. The van der Waals surface area contributed by atoms with Gasteiger partial charge in [0.15, 0.2) is 0 Å². The molecule has 1 aliphatic rings. The van der Waals surface area contributed by atoms with Crippen LogP contribution in [0.2, 0.25) is 0 Å². The Bertz CT molecular complexity index is 929. The highest BCUT2D eigenvalue weighted by Gasteiger charge is 2.37. The van der Waals surface area contributed by atoms with Crippen molar-refractivity contribution in [2.75, 3.05) is 32.8 Å². The van der Waals surface area contributed by atoms with Crippen molar-refractivity contribution in [3.63, 3.8) is 0 Å².